The fraction of sp³-hybridized carbons (Fsp3) is 0.333. The van der Waals surface area contributed by atoms with Crippen LogP contribution in [-0.4, -0.2) is 21.3 Å². The Labute approximate surface area is 170 Å². The van der Waals surface area contributed by atoms with Crippen molar-refractivity contribution in [3.05, 3.63) is 89.0 Å². The topological polar surface area (TPSA) is 70.9 Å². The number of fused-ring (bicyclic) bond motifs is 4. The number of aromatic nitrogens is 2. The van der Waals surface area contributed by atoms with Crippen molar-refractivity contribution in [1.29, 1.82) is 0 Å². The number of hydrogen-bond donors (Lipinski definition) is 2. The monoisotopic (exact) mass is 387 g/mol. The van der Waals surface area contributed by atoms with Gasteiger partial charge >= 0.3 is 0 Å². The predicted molar refractivity (Wildman–Crippen MR) is 111 cm³/mol. The summed E-state index contributed by atoms with van der Waals surface area (Å²) in [5, 5.41) is 3.34. The SMILES string of the molecule is CC12Cc3ccc(o3)CC1=CN2.O=C1c2ccccc2CCC1Cc1cnc[nH]1. The molecule has 2 aromatic heterocycles. The van der Waals surface area contributed by atoms with Crippen molar-refractivity contribution in [3.8, 4) is 0 Å². The number of carbonyl (C=O) groups excluding carboxylic acids is 1. The molecule has 2 atom stereocenters. The molecule has 6 rings (SSSR count). The van der Waals surface area contributed by atoms with Crippen molar-refractivity contribution in [2.75, 3.05) is 0 Å². The van der Waals surface area contributed by atoms with Gasteiger partial charge in [0.15, 0.2) is 5.78 Å². The van der Waals surface area contributed by atoms with Crippen LogP contribution in [0.25, 0.3) is 0 Å². The summed E-state index contributed by atoms with van der Waals surface area (Å²) >= 11 is 0. The highest BCUT2D eigenvalue weighted by Crippen LogP contribution is 2.35. The van der Waals surface area contributed by atoms with Crippen LogP contribution in [-0.2, 0) is 25.7 Å². The minimum atomic E-state index is 0.102. The van der Waals surface area contributed by atoms with E-state index in [1.807, 2.05) is 18.2 Å². The van der Waals surface area contributed by atoms with Gasteiger partial charge in [0.05, 0.1) is 11.9 Å². The second kappa shape index (κ2) is 7.07. The summed E-state index contributed by atoms with van der Waals surface area (Å²) in [5.41, 5.74) is 4.79. The summed E-state index contributed by atoms with van der Waals surface area (Å²) < 4.78 is 5.61. The van der Waals surface area contributed by atoms with E-state index < -0.39 is 0 Å². The Hall–Kier alpha value is -3.08. The Balaban J connectivity index is 0.000000132. The summed E-state index contributed by atoms with van der Waals surface area (Å²) in [4.78, 5) is 19.4. The second-order valence-electron chi connectivity index (χ2n) is 8.41. The van der Waals surface area contributed by atoms with Gasteiger partial charge in [-0.25, -0.2) is 4.98 Å². The lowest BCUT2D eigenvalue weighted by Crippen LogP contribution is -2.51. The van der Waals surface area contributed by atoms with E-state index in [0.717, 1.165) is 54.9 Å². The number of carbonyl (C=O) groups is 1. The number of imidazole rings is 1. The Morgan fingerprint density at radius 3 is 2.86 bits per heavy atom. The van der Waals surface area contributed by atoms with Crippen LogP contribution in [0.15, 0.2) is 65.1 Å². The molecule has 2 aliphatic heterocycles. The number of rotatable bonds is 2. The van der Waals surface area contributed by atoms with E-state index in [0.29, 0.717) is 0 Å². The minimum absolute atomic E-state index is 0.102. The molecule has 148 valence electrons. The molecule has 4 heterocycles. The minimum Gasteiger partial charge on any atom is -0.466 e. The molecule has 0 saturated carbocycles. The Morgan fingerprint density at radius 1 is 1.21 bits per heavy atom. The standard InChI is InChI=1S/C14H14N2O.C10H11NO/c17-14-11(7-12-8-15-9-16-12)6-5-10-3-1-2-4-13(10)14;1-10-5-9-3-2-8(12-9)4-7(10)6-11-10/h1-4,8-9,11H,5-7H2,(H,15,16);2-3,6,11H,4-5H2,1H3. The van der Waals surface area contributed by atoms with Crippen LogP contribution in [0.2, 0.25) is 0 Å². The number of hydrogen-bond acceptors (Lipinski definition) is 4. The van der Waals surface area contributed by atoms with Gasteiger partial charge in [0.25, 0.3) is 0 Å². The molecule has 2 bridgehead atoms. The molecule has 1 aliphatic carbocycles. The molecule has 0 amide bonds. The van der Waals surface area contributed by atoms with E-state index in [1.165, 1.54) is 11.1 Å². The van der Waals surface area contributed by atoms with Gasteiger partial charge in [0, 0.05) is 36.2 Å². The lowest BCUT2D eigenvalue weighted by molar-refractivity contribution is 0.0900. The smallest absolute Gasteiger partial charge is 0.166 e. The van der Waals surface area contributed by atoms with Crippen LogP contribution in [0, 0.1) is 5.92 Å². The van der Waals surface area contributed by atoms with Gasteiger partial charge in [-0.1, -0.05) is 24.3 Å². The maximum absolute atomic E-state index is 12.3. The number of aromatic amines is 1. The molecule has 1 aromatic carbocycles. The first-order valence-corrected chi connectivity index (χ1v) is 10.2. The average Bonchev–Trinajstić information content (AvgIpc) is 3.38. The van der Waals surface area contributed by atoms with Crippen molar-refractivity contribution >= 4 is 5.78 Å². The van der Waals surface area contributed by atoms with E-state index in [2.05, 4.69) is 46.6 Å². The number of H-pyrrole nitrogens is 1. The van der Waals surface area contributed by atoms with Crippen LogP contribution in [0.4, 0.5) is 0 Å². The molecule has 0 fully saturated rings. The second-order valence-corrected chi connectivity index (χ2v) is 8.41. The van der Waals surface area contributed by atoms with E-state index in [1.54, 1.807) is 12.5 Å². The lowest BCUT2D eigenvalue weighted by atomic mass is 9.80. The van der Waals surface area contributed by atoms with E-state index >= 15 is 0 Å². The first-order valence-electron chi connectivity index (χ1n) is 10.2. The fourth-order valence-corrected chi connectivity index (χ4v) is 4.50. The third-order valence-corrected chi connectivity index (χ3v) is 6.32. The van der Waals surface area contributed by atoms with Gasteiger partial charge in [0.2, 0.25) is 0 Å². The zero-order valence-corrected chi connectivity index (χ0v) is 16.6. The number of aryl methyl sites for hydroxylation is 1. The number of ketones is 1. The van der Waals surface area contributed by atoms with Crippen molar-refractivity contribution in [1.82, 2.24) is 15.3 Å². The third-order valence-electron chi connectivity index (χ3n) is 6.32. The van der Waals surface area contributed by atoms with Crippen molar-refractivity contribution < 1.29 is 9.21 Å². The average molecular weight is 387 g/mol. The summed E-state index contributed by atoms with van der Waals surface area (Å²) in [7, 11) is 0. The third kappa shape index (κ3) is 3.41. The normalized spacial score (nSPS) is 24.0. The highest BCUT2D eigenvalue weighted by atomic mass is 16.3. The number of nitrogens with one attached hydrogen (secondary N) is 2. The predicted octanol–water partition coefficient (Wildman–Crippen LogP) is 4.02. The van der Waals surface area contributed by atoms with Crippen LogP contribution >= 0.6 is 0 Å². The van der Waals surface area contributed by atoms with Crippen LogP contribution in [0.5, 0.6) is 0 Å². The highest BCUT2D eigenvalue weighted by Gasteiger charge is 2.38. The van der Waals surface area contributed by atoms with Gasteiger partial charge in [-0.05, 0) is 55.7 Å². The molecule has 29 heavy (non-hydrogen) atoms. The summed E-state index contributed by atoms with van der Waals surface area (Å²) in [6.07, 6.45) is 10.2. The molecular weight excluding hydrogens is 362 g/mol. The van der Waals surface area contributed by atoms with E-state index in [9.17, 15) is 4.79 Å². The molecule has 0 spiro atoms. The van der Waals surface area contributed by atoms with Crippen molar-refractivity contribution in [3.63, 3.8) is 0 Å². The quantitative estimate of drug-likeness (QED) is 0.697. The van der Waals surface area contributed by atoms with Gasteiger partial charge in [-0.2, -0.15) is 0 Å². The molecule has 2 N–H and O–H groups in total. The van der Waals surface area contributed by atoms with Gasteiger partial charge in [-0.3, -0.25) is 4.79 Å². The molecule has 5 heteroatoms. The number of furan rings is 1. The van der Waals surface area contributed by atoms with Gasteiger partial charge < -0.3 is 14.7 Å². The zero-order chi connectivity index (χ0) is 19.8. The largest absolute Gasteiger partial charge is 0.466 e. The summed E-state index contributed by atoms with van der Waals surface area (Å²) in [5.74, 6) is 2.58. The first kappa shape index (κ1) is 18.0. The Kier molecular flexibility index (Phi) is 4.38. The number of nitrogens with zero attached hydrogens (tertiary/aromatic N) is 1. The van der Waals surface area contributed by atoms with Crippen molar-refractivity contribution in [2.45, 2.75) is 44.6 Å². The van der Waals surface area contributed by atoms with Crippen LogP contribution in [0.1, 0.15) is 46.5 Å². The highest BCUT2D eigenvalue weighted by molar-refractivity contribution is 6.00. The number of benzene rings is 1. The molecule has 0 saturated heterocycles. The Bertz CT molecular complexity index is 1060. The van der Waals surface area contributed by atoms with E-state index in [-0.39, 0.29) is 17.2 Å². The Morgan fingerprint density at radius 2 is 2.07 bits per heavy atom. The molecular formula is C24H25N3O2. The molecule has 3 aromatic rings. The first-order chi connectivity index (χ1) is 14.1. The summed E-state index contributed by atoms with van der Waals surface area (Å²) in [6, 6.07) is 12.1. The van der Waals surface area contributed by atoms with E-state index in [4.69, 9.17) is 4.42 Å². The van der Waals surface area contributed by atoms with Crippen molar-refractivity contribution in [2.24, 2.45) is 5.92 Å². The van der Waals surface area contributed by atoms with Gasteiger partial charge in [0.1, 0.15) is 11.5 Å². The lowest BCUT2D eigenvalue weighted by Gasteiger charge is -2.39. The number of Topliss-reactive ketones (excluding diaryl/α,β-unsaturated/α-hetero) is 1. The summed E-state index contributed by atoms with van der Waals surface area (Å²) in [6.45, 7) is 2.23. The molecule has 2 unspecified atom stereocenters. The fourth-order valence-electron chi connectivity index (χ4n) is 4.50. The molecule has 3 aliphatic rings. The zero-order valence-electron chi connectivity index (χ0n) is 16.6. The maximum Gasteiger partial charge on any atom is 0.166 e. The molecule has 5 nitrogen and oxygen atoms in total. The van der Waals surface area contributed by atoms with Crippen LogP contribution in [0.3, 0.4) is 0 Å². The van der Waals surface area contributed by atoms with Crippen LogP contribution < -0.4 is 5.32 Å². The maximum atomic E-state index is 12.3. The molecule has 0 radical (unpaired) electrons. The van der Waals surface area contributed by atoms with Gasteiger partial charge in [-0.15, -0.1) is 0 Å².